The summed E-state index contributed by atoms with van der Waals surface area (Å²) in [4.78, 5) is 0. The van der Waals surface area contributed by atoms with Gasteiger partial charge < -0.3 is 11.5 Å². The monoisotopic (exact) mass is 184 g/mol. The van der Waals surface area contributed by atoms with Crippen molar-refractivity contribution in [1.82, 2.24) is 0 Å². The van der Waals surface area contributed by atoms with Crippen LogP contribution in [0.4, 0.5) is 0 Å². The van der Waals surface area contributed by atoms with E-state index in [1.165, 1.54) is 32.1 Å². The summed E-state index contributed by atoms with van der Waals surface area (Å²) in [6, 6.07) is 0.320. The van der Waals surface area contributed by atoms with E-state index in [0.29, 0.717) is 6.04 Å². The lowest BCUT2D eigenvalue weighted by Crippen LogP contribution is -2.43. The van der Waals surface area contributed by atoms with Crippen LogP contribution in [0.2, 0.25) is 0 Å². The molecule has 1 unspecified atom stereocenters. The van der Waals surface area contributed by atoms with Crippen LogP contribution in [-0.4, -0.2) is 11.6 Å². The highest BCUT2D eigenvalue weighted by molar-refractivity contribution is 4.84. The van der Waals surface area contributed by atoms with Crippen LogP contribution in [0.1, 0.15) is 52.4 Å². The minimum Gasteiger partial charge on any atom is -0.327 e. The summed E-state index contributed by atoms with van der Waals surface area (Å²) >= 11 is 0. The van der Waals surface area contributed by atoms with Crippen molar-refractivity contribution in [1.29, 1.82) is 0 Å². The second-order valence-corrected chi connectivity index (χ2v) is 5.25. The molecule has 2 heteroatoms. The number of hydrogen-bond acceptors (Lipinski definition) is 2. The van der Waals surface area contributed by atoms with Crippen molar-refractivity contribution in [3.63, 3.8) is 0 Å². The molecular weight excluding hydrogens is 160 g/mol. The summed E-state index contributed by atoms with van der Waals surface area (Å²) in [5.74, 6) is 0.733. The molecular formula is C11H24N2. The molecule has 0 saturated heterocycles. The molecule has 0 aliphatic heterocycles. The SMILES string of the molecule is CC(C)(N)CC(N)C1CCCCC1. The molecule has 2 nitrogen and oxygen atoms in total. The maximum Gasteiger partial charge on any atom is 0.0112 e. The number of nitrogens with two attached hydrogens (primary N) is 2. The van der Waals surface area contributed by atoms with Gasteiger partial charge in [-0.2, -0.15) is 0 Å². The molecule has 4 N–H and O–H groups in total. The zero-order valence-corrected chi connectivity index (χ0v) is 9.05. The second-order valence-electron chi connectivity index (χ2n) is 5.25. The highest BCUT2D eigenvalue weighted by Crippen LogP contribution is 2.28. The largest absolute Gasteiger partial charge is 0.327 e. The van der Waals surface area contributed by atoms with Gasteiger partial charge in [0, 0.05) is 11.6 Å². The van der Waals surface area contributed by atoms with Crippen LogP contribution in [0.25, 0.3) is 0 Å². The Morgan fingerprint density at radius 2 is 1.77 bits per heavy atom. The lowest BCUT2D eigenvalue weighted by molar-refractivity contribution is 0.265. The highest BCUT2D eigenvalue weighted by Gasteiger charge is 2.24. The van der Waals surface area contributed by atoms with Crippen molar-refractivity contribution in [3.05, 3.63) is 0 Å². The summed E-state index contributed by atoms with van der Waals surface area (Å²) in [5.41, 5.74) is 12.0. The van der Waals surface area contributed by atoms with Crippen LogP contribution in [0.15, 0.2) is 0 Å². The smallest absolute Gasteiger partial charge is 0.0112 e. The molecule has 78 valence electrons. The van der Waals surface area contributed by atoms with Crippen molar-refractivity contribution in [2.24, 2.45) is 17.4 Å². The Hall–Kier alpha value is -0.0800. The van der Waals surface area contributed by atoms with Gasteiger partial charge in [-0.1, -0.05) is 19.3 Å². The molecule has 0 aromatic rings. The van der Waals surface area contributed by atoms with Crippen molar-refractivity contribution >= 4 is 0 Å². The van der Waals surface area contributed by atoms with E-state index in [1.807, 2.05) is 0 Å². The molecule has 0 heterocycles. The van der Waals surface area contributed by atoms with Gasteiger partial charge in [0.15, 0.2) is 0 Å². The van der Waals surface area contributed by atoms with E-state index < -0.39 is 0 Å². The Bertz CT molecular complexity index is 143. The molecule has 0 spiro atoms. The van der Waals surface area contributed by atoms with Gasteiger partial charge in [0.25, 0.3) is 0 Å². The summed E-state index contributed by atoms with van der Waals surface area (Å²) in [7, 11) is 0. The van der Waals surface area contributed by atoms with Crippen molar-refractivity contribution in [2.45, 2.75) is 64.0 Å². The predicted octanol–water partition coefficient (Wildman–Crippen LogP) is 2.02. The number of hydrogen-bond donors (Lipinski definition) is 2. The molecule has 0 amide bonds. The molecule has 13 heavy (non-hydrogen) atoms. The Balaban J connectivity index is 2.33. The third-order valence-corrected chi connectivity index (χ3v) is 3.02. The third-order valence-electron chi connectivity index (χ3n) is 3.02. The summed E-state index contributed by atoms with van der Waals surface area (Å²) in [6.45, 7) is 4.13. The van der Waals surface area contributed by atoms with E-state index in [-0.39, 0.29) is 5.54 Å². The lowest BCUT2D eigenvalue weighted by Gasteiger charge is -2.31. The normalized spacial score (nSPS) is 23.1. The first kappa shape index (κ1) is 11.0. The Kier molecular flexibility index (Phi) is 3.74. The lowest BCUT2D eigenvalue weighted by atomic mass is 9.80. The van der Waals surface area contributed by atoms with Gasteiger partial charge in [-0.15, -0.1) is 0 Å². The van der Waals surface area contributed by atoms with Gasteiger partial charge >= 0.3 is 0 Å². The minimum atomic E-state index is -0.100. The Morgan fingerprint density at radius 1 is 1.23 bits per heavy atom. The number of rotatable bonds is 3. The quantitative estimate of drug-likeness (QED) is 0.705. The standard InChI is InChI=1S/C11H24N2/c1-11(2,13)8-10(12)9-6-4-3-5-7-9/h9-10H,3-8,12-13H2,1-2H3. The van der Waals surface area contributed by atoms with Gasteiger partial charge in [-0.25, -0.2) is 0 Å². The van der Waals surface area contributed by atoms with E-state index in [9.17, 15) is 0 Å². The van der Waals surface area contributed by atoms with Crippen molar-refractivity contribution in [2.75, 3.05) is 0 Å². The van der Waals surface area contributed by atoms with Gasteiger partial charge in [0.2, 0.25) is 0 Å². The molecule has 1 aliphatic carbocycles. The fraction of sp³-hybridized carbons (Fsp3) is 1.00. The highest BCUT2D eigenvalue weighted by atomic mass is 14.8. The van der Waals surface area contributed by atoms with Gasteiger partial charge in [0.05, 0.1) is 0 Å². The predicted molar refractivity (Wildman–Crippen MR) is 57.4 cm³/mol. The van der Waals surface area contributed by atoms with Gasteiger partial charge in [-0.05, 0) is 39.0 Å². The van der Waals surface area contributed by atoms with Crippen molar-refractivity contribution < 1.29 is 0 Å². The molecule has 1 atom stereocenters. The van der Waals surface area contributed by atoms with E-state index >= 15 is 0 Å². The average molecular weight is 184 g/mol. The van der Waals surface area contributed by atoms with Gasteiger partial charge in [0.1, 0.15) is 0 Å². The molecule has 0 radical (unpaired) electrons. The van der Waals surface area contributed by atoms with Crippen LogP contribution in [-0.2, 0) is 0 Å². The first-order valence-electron chi connectivity index (χ1n) is 5.53. The zero-order valence-electron chi connectivity index (χ0n) is 9.05. The van der Waals surface area contributed by atoms with Gasteiger partial charge in [-0.3, -0.25) is 0 Å². The van der Waals surface area contributed by atoms with Crippen LogP contribution in [0.5, 0.6) is 0 Å². The van der Waals surface area contributed by atoms with Crippen LogP contribution in [0.3, 0.4) is 0 Å². The van der Waals surface area contributed by atoms with Crippen LogP contribution in [0, 0.1) is 5.92 Å². The third kappa shape index (κ3) is 4.10. The maximum atomic E-state index is 6.15. The van der Waals surface area contributed by atoms with E-state index in [2.05, 4.69) is 13.8 Å². The fourth-order valence-electron chi connectivity index (χ4n) is 2.34. The topological polar surface area (TPSA) is 52.0 Å². The van der Waals surface area contributed by atoms with E-state index in [4.69, 9.17) is 11.5 Å². The maximum absolute atomic E-state index is 6.15. The summed E-state index contributed by atoms with van der Waals surface area (Å²) in [5, 5.41) is 0. The molecule has 1 saturated carbocycles. The fourth-order valence-corrected chi connectivity index (χ4v) is 2.34. The summed E-state index contributed by atoms with van der Waals surface area (Å²) < 4.78 is 0. The molecule has 1 aliphatic rings. The molecule has 0 aromatic heterocycles. The zero-order chi connectivity index (χ0) is 9.90. The average Bonchev–Trinajstić information content (AvgIpc) is 2.03. The first-order valence-corrected chi connectivity index (χ1v) is 5.53. The van der Waals surface area contributed by atoms with E-state index in [0.717, 1.165) is 12.3 Å². The van der Waals surface area contributed by atoms with E-state index in [1.54, 1.807) is 0 Å². The Morgan fingerprint density at radius 3 is 2.23 bits per heavy atom. The molecule has 0 bridgehead atoms. The molecule has 1 fully saturated rings. The van der Waals surface area contributed by atoms with Crippen molar-refractivity contribution in [3.8, 4) is 0 Å². The van der Waals surface area contributed by atoms with Crippen LogP contribution >= 0.6 is 0 Å². The second kappa shape index (κ2) is 4.43. The van der Waals surface area contributed by atoms with Crippen LogP contribution < -0.4 is 11.5 Å². The Labute approximate surface area is 82.1 Å². The molecule has 1 rings (SSSR count). The minimum absolute atomic E-state index is 0.100. The molecule has 0 aromatic carbocycles. The first-order chi connectivity index (χ1) is 5.99. The summed E-state index contributed by atoms with van der Waals surface area (Å²) in [6.07, 6.45) is 7.72.